The summed E-state index contributed by atoms with van der Waals surface area (Å²) in [6.45, 7) is 9.86. The van der Waals surface area contributed by atoms with Crippen molar-refractivity contribution < 1.29 is 4.79 Å². The van der Waals surface area contributed by atoms with Gasteiger partial charge in [0.2, 0.25) is 0 Å². The first-order valence-corrected chi connectivity index (χ1v) is 10.0. The molecule has 1 aromatic rings. The summed E-state index contributed by atoms with van der Waals surface area (Å²) in [6.07, 6.45) is 9.02. The third-order valence-electron chi connectivity index (χ3n) is 6.70. The Morgan fingerprint density at radius 2 is 2.23 bits per heavy atom. The summed E-state index contributed by atoms with van der Waals surface area (Å²) in [6, 6.07) is 0. The molecule has 2 aliphatic carbocycles. The van der Waals surface area contributed by atoms with E-state index in [1.807, 2.05) is 23.9 Å². The van der Waals surface area contributed by atoms with Gasteiger partial charge in [0.1, 0.15) is 0 Å². The molecule has 2 atom stereocenters. The molecule has 1 aromatic heterocycles. The second-order valence-electron chi connectivity index (χ2n) is 8.14. The standard InChI is InChI=1S/C19H25N5OS/c1-5-24-11-12(10-20-24)8-14-16(25)21-17(26-14)23-22-15-9-13-6-7-19(15,4)18(13,2)3/h8,10-11,13H,5-7,9H2,1-4H3,(H,21,23,25)/b14-8+,22-15-/t13-,19-/m0/s1. The number of nitrogens with one attached hydrogen (secondary N) is 1. The minimum absolute atomic E-state index is 0.127. The highest BCUT2D eigenvalue weighted by molar-refractivity contribution is 8.18. The van der Waals surface area contributed by atoms with E-state index < -0.39 is 0 Å². The van der Waals surface area contributed by atoms with E-state index in [4.69, 9.17) is 0 Å². The second kappa shape index (κ2) is 6.08. The number of hydrogen-bond acceptors (Lipinski definition) is 5. The van der Waals surface area contributed by atoms with Crippen LogP contribution in [0.15, 0.2) is 27.5 Å². The van der Waals surface area contributed by atoms with Crippen LogP contribution in [-0.2, 0) is 11.3 Å². The minimum atomic E-state index is -0.127. The van der Waals surface area contributed by atoms with E-state index in [0.29, 0.717) is 16.0 Å². The van der Waals surface area contributed by atoms with Gasteiger partial charge >= 0.3 is 0 Å². The van der Waals surface area contributed by atoms with Crippen LogP contribution in [0.2, 0.25) is 0 Å². The number of carbonyl (C=O) groups excluding carboxylic acids is 1. The van der Waals surface area contributed by atoms with Crippen LogP contribution in [0.1, 0.15) is 52.5 Å². The molecule has 138 valence electrons. The second-order valence-corrected chi connectivity index (χ2v) is 9.17. The smallest absolute Gasteiger partial charge is 0.264 e. The summed E-state index contributed by atoms with van der Waals surface area (Å²) in [4.78, 5) is 12.8. The van der Waals surface area contributed by atoms with Crippen molar-refractivity contribution in [2.45, 2.75) is 53.5 Å². The molecule has 1 N–H and O–H groups in total. The maximum absolute atomic E-state index is 12.2. The van der Waals surface area contributed by atoms with Crippen molar-refractivity contribution in [1.82, 2.24) is 15.1 Å². The molecule has 4 rings (SSSR count). The number of fused-ring (bicyclic) bond motifs is 2. The van der Waals surface area contributed by atoms with Crippen LogP contribution in [0, 0.1) is 16.7 Å². The zero-order valence-corrected chi connectivity index (χ0v) is 16.6. The average Bonchev–Trinajstić information content (AvgIpc) is 3.29. The monoisotopic (exact) mass is 371 g/mol. The van der Waals surface area contributed by atoms with Crippen LogP contribution in [0.3, 0.4) is 0 Å². The molecule has 2 saturated carbocycles. The Morgan fingerprint density at radius 1 is 1.42 bits per heavy atom. The first-order valence-electron chi connectivity index (χ1n) is 9.22. The predicted molar refractivity (Wildman–Crippen MR) is 106 cm³/mol. The molecule has 3 fully saturated rings. The van der Waals surface area contributed by atoms with E-state index >= 15 is 0 Å². The van der Waals surface area contributed by atoms with Crippen molar-refractivity contribution in [2.75, 3.05) is 0 Å². The third-order valence-corrected chi connectivity index (χ3v) is 7.60. The van der Waals surface area contributed by atoms with Crippen molar-refractivity contribution >= 4 is 34.6 Å². The van der Waals surface area contributed by atoms with Crippen LogP contribution >= 0.6 is 11.8 Å². The number of nitrogens with zero attached hydrogens (tertiary/aromatic N) is 4. The van der Waals surface area contributed by atoms with Gasteiger partial charge in [-0.25, -0.2) is 0 Å². The predicted octanol–water partition coefficient (Wildman–Crippen LogP) is 3.67. The quantitative estimate of drug-likeness (QED) is 0.651. The average molecular weight is 372 g/mol. The first kappa shape index (κ1) is 17.5. The highest BCUT2D eigenvalue weighted by atomic mass is 32.2. The van der Waals surface area contributed by atoms with Gasteiger partial charge in [0.05, 0.1) is 11.1 Å². The molecule has 26 heavy (non-hydrogen) atoms. The number of thioether (sulfide) groups is 1. The van der Waals surface area contributed by atoms with Gasteiger partial charge in [-0.1, -0.05) is 20.8 Å². The van der Waals surface area contributed by atoms with E-state index in [1.54, 1.807) is 6.20 Å². The van der Waals surface area contributed by atoms with Crippen molar-refractivity contribution in [3.8, 4) is 0 Å². The molecule has 3 aliphatic rings. The lowest BCUT2D eigenvalue weighted by Gasteiger charge is -2.34. The molecule has 2 bridgehead atoms. The topological polar surface area (TPSA) is 71.6 Å². The molecule has 0 spiro atoms. The first-order chi connectivity index (χ1) is 12.3. The van der Waals surface area contributed by atoms with E-state index in [2.05, 4.69) is 41.4 Å². The summed E-state index contributed by atoms with van der Waals surface area (Å²) in [7, 11) is 0. The van der Waals surface area contributed by atoms with Gasteiger partial charge < -0.3 is 0 Å². The number of carbonyl (C=O) groups is 1. The van der Waals surface area contributed by atoms with Gasteiger partial charge in [-0.2, -0.15) is 10.2 Å². The van der Waals surface area contributed by atoms with Gasteiger partial charge in [0.15, 0.2) is 5.17 Å². The van der Waals surface area contributed by atoms with Crippen molar-refractivity contribution in [3.63, 3.8) is 0 Å². The summed E-state index contributed by atoms with van der Waals surface area (Å²) < 4.78 is 1.84. The lowest BCUT2D eigenvalue weighted by molar-refractivity contribution is -0.115. The molecular weight excluding hydrogens is 346 g/mol. The zero-order valence-electron chi connectivity index (χ0n) is 15.7. The van der Waals surface area contributed by atoms with Crippen LogP contribution < -0.4 is 5.32 Å². The van der Waals surface area contributed by atoms with E-state index in [1.165, 1.54) is 30.3 Å². The fourth-order valence-corrected chi connectivity index (χ4v) is 5.21. The van der Waals surface area contributed by atoms with Crippen molar-refractivity contribution in [3.05, 3.63) is 22.9 Å². The highest BCUT2D eigenvalue weighted by Crippen LogP contribution is 2.64. The summed E-state index contributed by atoms with van der Waals surface area (Å²) in [5.74, 6) is 0.570. The Bertz CT molecular complexity index is 850. The number of aromatic nitrogens is 2. The van der Waals surface area contributed by atoms with Crippen LogP contribution in [-0.4, -0.2) is 26.6 Å². The van der Waals surface area contributed by atoms with Crippen molar-refractivity contribution in [2.24, 2.45) is 27.0 Å². The molecule has 7 heteroatoms. The lowest BCUT2D eigenvalue weighted by atomic mass is 9.70. The van der Waals surface area contributed by atoms with Gasteiger partial charge in [-0.3, -0.25) is 14.8 Å². The highest BCUT2D eigenvalue weighted by Gasteiger charge is 2.60. The Morgan fingerprint density at radius 3 is 2.85 bits per heavy atom. The number of rotatable bonds is 3. The fraction of sp³-hybridized carbons (Fsp3) is 0.579. The molecule has 0 radical (unpaired) electrons. The van der Waals surface area contributed by atoms with Gasteiger partial charge in [0, 0.05) is 29.4 Å². The number of amides is 1. The Labute approximate surface area is 158 Å². The largest absolute Gasteiger partial charge is 0.299 e. The van der Waals surface area contributed by atoms with Gasteiger partial charge in [0.25, 0.3) is 5.91 Å². The lowest BCUT2D eigenvalue weighted by Crippen LogP contribution is -2.32. The fourth-order valence-electron chi connectivity index (χ4n) is 4.44. The molecule has 2 heterocycles. The molecular formula is C19H25N5OS. The molecule has 0 aromatic carbocycles. The number of hydrogen-bond donors (Lipinski definition) is 1. The number of aryl methyl sites for hydroxylation is 1. The number of amidine groups is 1. The van der Waals surface area contributed by atoms with E-state index in [0.717, 1.165) is 18.5 Å². The van der Waals surface area contributed by atoms with Crippen LogP contribution in [0.25, 0.3) is 6.08 Å². The Balaban J connectivity index is 1.52. The van der Waals surface area contributed by atoms with Crippen LogP contribution in [0.4, 0.5) is 0 Å². The maximum Gasteiger partial charge on any atom is 0.264 e. The molecule has 1 aliphatic heterocycles. The van der Waals surface area contributed by atoms with Gasteiger partial charge in [-0.05, 0) is 55.4 Å². The zero-order chi connectivity index (χ0) is 18.5. The maximum atomic E-state index is 12.2. The van der Waals surface area contributed by atoms with E-state index in [9.17, 15) is 4.79 Å². The van der Waals surface area contributed by atoms with Crippen molar-refractivity contribution in [1.29, 1.82) is 0 Å². The summed E-state index contributed by atoms with van der Waals surface area (Å²) in [5.41, 5.74) is 2.51. The van der Waals surface area contributed by atoms with E-state index in [-0.39, 0.29) is 16.7 Å². The molecule has 6 nitrogen and oxygen atoms in total. The summed E-state index contributed by atoms with van der Waals surface area (Å²) in [5, 5.41) is 16.6. The molecule has 0 unspecified atom stereocenters. The van der Waals surface area contributed by atoms with Gasteiger partial charge in [-0.15, -0.1) is 5.10 Å². The Hall–Kier alpha value is -1.89. The summed E-state index contributed by atoms with van der Waals surface area (Å²) >= 11 is 1.34. The normalized spacial score (nSPS) is 34.4. The minimum Gasteiger partial charge on any atom is -0.299 e. The Kier molecular flexibility index (Phi) is 4.10. The molecule has 1 amide bonds. The SMILES string of the molecule is CCn1cc(/C=C2/S/C(=N\N=C3\C[C@@H]4CC[C@]3(C)C4(C)C)NC2=O)cn1. The molecule has 1 saturated heterocycles. The third kappa shape index (κ3) is 2.64. The van der Waals surface area contributed by atoms with Crippen LogP contribution in [0.5, 0.6) is 0 Å².